The quantitative estimate of drug-likeness (QED) is 0.747. The molecule has 0 aliphatic heterocycles. The molecule has 0 spiro atoms. The highest BCUT2D eigenvalue weighted by atomic mass is 14.6. The summed E-state index contributed by atoms with van der Waals surface area (Å²) in [4.78, 5) is 4.35. The third-order valence-electron chi connectivity index (χ3n) is 2.67. The van der Waals surface area contributed by atoms with E-state index in [1.807, 2.05) is 30.5 Å². The molecule has 2 rings (SSSR count). The molecule has 1 nitrogen and oxygen atoms in total. The summed E-state index contributed by atoms with van der Waals surface area (Å²) in [5, 5.41) is 0. The smallest absolute Gasteiger partial charge is 0.0632 e. The molecule has 86 valence electrons. The molecule has 0 saturated carbocycles. The van der Waals surface area contributed by atoms with E-state index in [0.717, 1.165) is 18.5 Å². The molecule has 0 amide bonds. The Morgan fingerprint density at radius 3 is 2.47 bits per heavy atom. The van der Waals surface area contributed by atoms with Crippen LogP contribution in [-0.4, -0.2) is 4.98 Å². The molecule has 2 aromatic rings. The predicted molar refractivity (Wildman–Crippen MR) is 73.5 cm³/mol. The highest BCUT2D eigenvalue weighted by Gasteiger charge is 2.00. The number of benzene rings is 1. The first kappa shape index (κ1) is 11.6. The van der Waals surface area contributed by atoms with Crippen LogP contribution in [0.15, 0.2) is 54.7 Å². The Morgan fingerprint density at radius 1 is 1.06 bits per heavy atom. The molecular formula is C16H17N. The molecule has 0 aliphatic rings. The number of hydrogen-bond acceptors (Lipinski definition) is 1. The van der Waals surface area contributed by atoms with Gasteiger partial charge in [-0.3, -0.25) is 4.98 Å². The van der Waals surface area contributed by atoms with Gasteiger partial charge in [0, 0.05) is 6.20 Å². The summed E-state index contributed by atoms with van der Waals surface area (Å²) in [5.74, 6) is 0. The molecule has 0 saturated heterocycles. The molecular weight excluding hydrogens is 206 g/mol. The minimum Gasteiger partial charge on any atom is -0.257 e. The van der Waals surface area contributed by atoms with Gasteiger partial charge in [0.25, 0.3) is 0 Å². The number of rotatable bonds is 4. The average molecular weight is 223 g/mol. The fourth-order valence-corrected chi connectivity index (χ4v) is 1.86. The van der Waals surface area contributed by atoms with Crippen LogP contribution in [0.5, 0.6) is 0 Å². The zero-order valence-electron chi connectivity index (χ0n) is 10.1. The van der Waals surface area contributed by atoms with E-state index in [2.05, 4.69) is 42.2 Å². The summed E-state index contributed by atoms with van der Waals surface area (Å²) in [6.45, 7) is 2.20. The average Bonchev–Trinajstić information content (AvgIpc) is 2.40. The van der Waals surface area contributed by atoms with Crippen molar-refractivity contribution < 1.29 is 0 Å². The van der Waals surface area contributed by atoms with Crippen molar-refractivity contribution in [3.05, 3.63) is 66.0 Å². The van der Waals surface area contributed by atoms with Crippen molar-refractivity contribution in [1.82, 2.24) is 4.98 Å². The first-order chi connectivity index (χ1) is 8.40. The molecule has 1 heteroatoms. The third-order valence-corrected chi connectivity index (χ3v) is 2.67. The van der Waals surface area contributed by atoms with E-state index in [9.17, 15) is 0 Å². The van der Waals surface area contributed by atoms with E-state index in [1.165, 1.54) is 11.1 Å². The van der Waals surface area contributed by atoms with Gasteiger partial charge in [-0.05, 0) is 35.8 Å². The first-order valence-corrected chi connectivity index (χ1v) is 6.07. The molecule has 0 N–H and O–H groups in total. The van der Waals surface area contributed by atoms with Gasteiger partial charge in [-0.1, -0.05) is 49.7 Å². The van der Waals surface area contributed by atoms with Crippen LogP contribution in [0.4, 0.5) is 0 Å². The van der Waals surface area contributed by atoms with Gasteiger partial charge in [-0.2, -0.15) is 0 Å². The summed E-state index contributed by atoms with van der Waals surface area (Å²) >= 11 is 0. The molecule has 0 bridgehead atoms. The van der Waals surface area contributed by atoms with Gasteiger partial charge in [0.15, 0.2) is 0 Å². The maximum atomic E-state index is 4.35. The van der Waals surface area contributed by atoms with Gasteiger partial charge in [-0.15, -0.1) is 0 Å². The fourth-order valence-electron chi connectivity index (χ4n) is 1.86. The standard InChI is InChI=1S/C16H17N/c1-2-8-15(14-9-4-3-5-10-14)13-16-11-6-7-12-17-16/h3-7,9-13H,2,8H2,1H3/b15-13+. The molecule has 0 fully saturated rings. The Morgan fingerprint density at radius 2 is 1.82 bits per heavy atom. The van der Waals surface area contributed by atoms with Crippen molar-refractivity contribution in [2.24, 2.45) is 0 Å². The van der Waals surface area contributed by atoms with Crippen LogP contribution >= 0.6 is 0 Å². The minimum atomic E-state index is 1.03. The SMILES string of the molecule is CCC/C(=C\c1ccccn1)c1ccccc1. The summed E-state index contributed by atoms with van der Waals surface area (Å²) < 4.78 is 0. The van der Waals surface area contributed by atoms with Gasteiger partial charge in [-0.25, -0.2) is 0 Å². The second kappa shape index (κ2) is 6.00. The van der Waals surface area contributed by atoms with Crippen molar-refractivity contribution in [3.8, 4) is 0 Å². The van der Waals surface area contributed by atoms with Crippen LogP contribution in [0.1, 0.15) is 31.0 Å². The third kappa shape index (κ3) is 3.28. The Kier molecular flexibility index (Phi) is 4.09. The molecule has 0 aliphatic carbocycles. The highest BCUT2D eigenvalue weighted by molar-refractivity contribution is 5.80. The Balaban J connectivity index is 2.33. The largest absolute Gasteiger partial charge is 0.257 e. The number of aromatic nitrogens is 1. The molecule has 0 unspecified atom stereocenters. The van der Waals surface area contributed by atoms with Crippen molar-refractivity contribution in [3.63, 3.8) is 0 Å². The lowest BCUT2D eigenvalue weighted by Gasteiger charge is -2.06. The topological polar surface area (TPSA) is 12.9 Å². The number of allylic oxidation sites excluding steroid dienone is 1. The molecule has 17 heavy (non-hydrogen) atoms. The van der Waals surface area contributed by atoms with E-state index in [0.29, 0.717) is 0 Å². The Bertz CT molecular complexity index is 471. The van der Waals surface area contributed by atoms with Crippen LogP contribution in [0.3, 0.4) is 0 Å². The zero-order chi connectivity index (χ0) is 11.9. The Hall–Kier alpha value is -1.89. The predicted octanol–water partition coefficient (Wildman–Crippen LogP) is 4.42. The van der Waals surface area contributed by atoms with Gasteiger partial charge in [0.1, 0.15) is 0 Å². The highest BCUT2D eigenvalue weighted by Crippen LogP contribution is 2.21. The van der Waals surface area contributed by atoms with Crippen LogP contribution in [0.2, 0.25) is 0 Å². The van der Waals surface area contributed by atoms with Crippen molar-refractivity contribution in [2.75, 3.05) is 0 Å². The second-order valence-electron chi connectivity index (χ2n) is 4.04. The van der Waals surface area contributed by atoms with Crippen LogP contribution in [-0.2, 0) is 0 Å². The summed E-state index contributed by atoms with van der Waals surface area (Å²) in [5.41, 5.74) is 3.67. The van der Waals surface area contributed by atoms with E-state index in [-0.39, 0.29) is 0 Å². The summed E-state index contributed by atoms with van der Waals surface area (Å²) in [6.07, 6.45) is 6.24. The van der Waals surface area contributed by atoms with E-state index >= 15 is 0 Å². The second-order valence-corrected chi connectivity index (χ2v) is 4.04. The van der Waals surface area contributed by atoms with Crippen LogP contribution in [0, 0.1) is 0 Å². The van der Waals surface area contributed by atoms with Gasteiger partial charge in [0.2, 0.25) is 0 Å². The summed E-state index contributed by atoms with van der Waals surface area (Å²) in [6, 6.07) is 16.5. The van der Waals surface area contributed by atoms with Crippen molar-refractivity contribution in [1.29, 1.82) is 0 Å². The Labute approximate surface area is 103 Å². The molecule has 0 radical (unpaired) electrons. The van der Waals surface area contributed by atoms with E-state index in [1.54, 1.807) is 0 Å². The van der Waals surface area contributed by atoms with Crippen molar-refractivity contribution >= 4 is 11.6 Å². The fraction of sp³-hybridized carbons (Fsp3) is 0.188. The molecule has 1 heterocycles. The zero-order valence-corrected chi connectivity index (χ0v) is 10.1. The molecule has 1 aromatic heterocycles. The maximum absolute atomic E-state index is 4.35. The normalized spacial score (nSPS) is 11.5. The first-order valence-electron chi connectivity index (χ1n) is 6.07. The van der Waals surface area contributed by atoms with E-state index < -0.39 is 0 Å². The molecule has 0 atom stereocenters. The monoisotopic (exact) mass is 223 g/mol. The lowest BCUT2D eigenvalue weighted by molar-refractivity contribution is 0.976. The van der Waals surface area contributed by atoms with Crippen molar-refractivity contribution in [2.45, 2.75) is 19.8 Å². The molecule has 1 aromatic carbocycles. The van der Waals surface area contributed by atoms with Crippen LogP contribution < -0.4 is 0 Å². The maximum Gasteiger partial charge on any atom is 0.0632 e. The van der Waals surface area contributed by atoms with E-state index in [4.69, 9.17) is 0 Å². The lowest BCUT2D eigenvalue weighted by atomic mass is 10.0. The van der Waals surface area contributed by atoms with Gasteiger partial charge >= 0.3 is 0 Å². The minimum absolute atomic E-state index is 1.03. The van der Waals surface area contributed by atoms with Gasteiger partial charge < -0.3 is 0 Å². The van der Waals surface area contributed by atoms with Gasteiger partial charge in [0.05, 0.1) is 5.69 Å². The number of nitrogens with zero attached hydrogens (tertiary/aromatic N) is 1. The number of pyridine rings is 1. The number of hydrogen-bond donors (Lipinski definition) is 0. The summed E-state index contributed by atoms with van der Waals surface area (Å²) in [7, 11) is 0. The lowest BCUT2D eigenvalue weighted by Crippen LogP contribution is -1.86. The van der Waals surface area contributed by atoms with Crippen LogP contribution in [0.25, 0.3) is 11.6 Å².